The number of para-hydroxylation sites is 3. The minimum absolute atomic E-state index is 0.0294. The van der Waals surface area contributed by atoms with Crippen molar-refractivity contribution in [3.05, 3.63) is 59.9 Å². The molecule has 0 unspecified atom stereocenters. The zero-order chi connectivity index (χ0) is 17.8. The van der Waals surface area contributed by atoms with E-state index in [1.165, 1.54) is 6.92 Å². The van der Waals surface area contributed by atoms with Gasteiger partial charge in [-0.1, -0.05) is 24.3 Å². The molecule has 2 N–H and O–H groups in total. The third-order valence-electron chi connectivity index (χ3n) is 3.97. The molecule has 6 nitrogen and oxygen atoms in total. The Morgan fingerprint density at radius 2 is 1.92 bits per heavy atom. The first-order chi connectivity index (χ1) is 12.1. The number of aliphatic hydroxyl groups is 2. The molecule has 0 spiro atoms. The van der Waals surface area contributed by atoms with Crippen LogP contribution >= 0.6 is 0 Å². The van der Waals surface area contributed by atoms with Crippen molar-refractivity contribution in [3.8, 4) is 5.75 Å². The first-order valence-electron chi connectivity index (χ1n) is 8.06. The Kier molecular flexibility index (Phi) is 5.11. The normalized spacial score (nSPS) is 12.3. The van der Waals surface area contributed by atoms with Gasteiger partial charge < -0.3 is 19.5 Å². The van der Waals surface area contributed by atoms with Crippen LogP contribution in [0.2, 0.25) is 0 Å². The predicted molar refractivity (Wildman–Crippen MR) is 93.6 cm³/mol. The van der Waals surface area contributed by atoms with Crippen molar-refractivity contribution < 1.29 is 19.7 Å². The summed E-state index contributed by atoms with van der Waals surface area (Å²) in [4.78, 5) is 16.0. The van der Waals surface area contributed by atoms with Crippen LogP contribution in [0.5, 0.6) is 5.75 Å². The molecule has 0 aliphatic rings. The van der Waals surface area contributed by atoms with Gasteiger partial charge in [0.25, 0.3) is 0 Å². The quantitative estimate of drug-likeness (QED) is 0.644. The fraction of sp³-hybridized carbons (Fsp3) is 0.263. The highest BCUT2D eigenvalue weighted by molar-refractivity contribution is 5.96. The number of nitrogens with zero attached hydrogens (tertiary/aromatic N) is 2. The van der Waals surface area contributed by atoms with Crippen molar-refractivity contribution in [1.82, 2.24) is 9.55 Å². The third-order valence-corrected chi connectivity index (χ3v) is 3.97. The van der Waals surface area contributed by atoms with Crippen LogP contribution in [0.4, 0.5) is 0 Å². The van der Waals surface area contributed by atoms with E-state index in [1.807, 2.05) is 24.3 Å². The Morgan fingerprint density at radius 1 is 1.20 bits per heavy atom. The Hall–Kier alpha value is -2.70. The molecule has 1 atom stereocenters. The highest BCUT2D eigenvalue weighted by atomic mass is 16.5. The largest absolute Gasteiger partial charge is 0.490 e. The SMILES string of the molecule is CC(=O)c1ccccc1OC[C@@H](O)Cn1c(CO)nc2ccccc21. The zero-order valence-electron chi connectivity index (χ0n) is 13.9. The van der Waals surface area contributed by atoms with Crippen LogP contribution < -0.4 is 4.74 Å². The van der Waals surface area contributed by atoms with Gasteiger partial charge >= 0.3 is 0 Å². The van der Waals surface area contributed by atoms with Crippen molar-refractivity contribution >= 4 is 16.8 Å². The van der Waals surface area contributed by atoms with Gasteiger partial charge in [0.1, 0.15) is 30.9 Å². The van der Waals surface area contributed by atoms with Gasteiger partial charge in [-0.2, -0.15) is 0 Å². The van der Waals surface area contributed by atoms with Crippen LogP contribution in [0.1, 0.15) is 23.1 Å². The van der Waals surface area contributed by atoms with E-state index in [4.69, 9.17) is 4.74 Å². The minimum Gasteiger partial charge on any atom is -0.490 e. The van der Waals surface area contributed by atoms with Gasteiger partial charge in [0.2, 0.25) is 0 Å². The number of hydrogen-bond acceptors (Lipinski definition) is 5. The fourth-order valence-electron chi connectivity index (χ4n) is 2.78. The molecular weight excluding hydrogens is 320 g/mol. The van der Waals surface area contributed by atoms with Crippen LogP contribution in [0, 0.1) is 0 Å². The van der Waals surface area contributed by atoms with Crippen LogP contribution in [-0.4, -0.2) is 38.3 Å². The standard InChI is InChI=1S/C19H20N2O4/c1-13(23)15-6-2-5-9-18(15)25-12-14(24)10-21-17-8-4-3-7-16(17)20-19(21)11-22/h2-9,14,22,24H,10-12H2,1H3/t14-/m0/s1. The molecule has 0 aliphatic heterocycles. The van der Waals surface area contributed by atoms with Gasteiger partial charge in [-0.05, 0) is 31.2 Å². The highest BCUT2D eigenvalue weighted by Gasteiger charge is 2.15. The number of benzene rings is 2. The third kappa shape index (κ3) is 3.70. The predicted octanol–water partition coefficient (Wildman–Crippen LogP) is 2.17. The van der Waals surface area contributed by atoms with Gasteiger partial charge in [0.05, 0.1) is 23.1 Å². The Morgan fingerprint density at radius 3 is 2.68 bits per heavy atom. The topological polar surface area (TPSA) is 84.6 Å². The number of ketones is 1. The second kappa shape index (κ2) is 7.46. The summed E-state index contributed by atoms with van der Waals surface area (Å²) < 4.78 is 7.41. The molecule has 3 aromatic rings. The molecule has 25 heavy (non-hydrogen) atoms. The van der Waals surface area contributed by atoms with E-state index < -0.39 is 6.10 Å². The Balaban J connectivity index is 1.74. The summed E-state index contributed by atoms with van der Waals surface area (Å²) in [7, 11) is 0. The molecule has 0 saturated carbocycles. The number of aromatic nitrogens is 2. The van der Waals surface area contributed by atoms with E-state index in [0.717, 1.165) is 11.0 Å². The first-order valence-corrected chi connectivity index (χ1v) is 8.06. The molecular formula is C19H20N2O4. The van der Waals surface area contributed by atoms with E-state index in [9.17, 15) is 15.0 Å². The molecule has 6 heteroatoms. The van der Waals surface area contributed by atoms with Crippen LogP contribution in [0.25, 0.3) is 11.0 Å². The van der Waals surface area contributed by atoms with Crippen molar-refractivity contribution in [2.24, 2.45) is 0 Å². The molecule has 1 heterocycles. The number of Topliss-reactive ketones (excluding diaryl/α,β-unsaturated/α-hetero) is 1. The van der Waals surface area contributed by atoms with Crippen LogP contribution in [0.3, 0.4) is 0 Å². The van der Waals surface area contributed by atoms with Gasteiger partial charge in [0.15, 0.2) is 5.78 Å². The molecule has 0 amide bonds. The number of carbonyl (C=O) groups excluding carboxylic acids is 1. The maximum absolute atomic E-state index is 11.6. The van der Waals surface area contributed by atoms with E-state index in [2.05, 4.69) is 4.98 Å². The monoisotopic (exact) mass is 340 g/mol. The summed E-state index contributed by atoms with van der Waals surface area (Å²) in [5.41, 5.74) is 2.09. The smallest absolute Gasteiger partial charge is 0.163 e. The number of fused-ring (bicyclic) bond motifs is 1. The lowest BCUT2D eigenvalue weighted by Gasteiger charge is -2.16. The van der Waals surface area contributed by atoms with E-state index >= 15 is 0 Å². The average molecular weight is 340 g/mol. The average Bonchev–Trinajstić information content (AvgIpc) is 2.98. The highest BCUT2D eigenvalue weighted by Crippen LogP contribution is 2.20. The van der Waals surface area contributed by atoms with Crippen LogP contribution in [-0.2, 0) is 13.2 Å². The van der Waals surface area contributed by atoms with E-state index in [1.54, 1.807) is 28.8 Å². The summed E-state index contributed by atoms with van der Waals surface area (Å²) in [6.07, 6.45) is -0.817. The lowest BCUT2D eigenvalue weighted by Crippen LogP contribution is -2.25. The molecule has 2 aromatic carbocycles. The van der Waals surface area contributed by atoms with Crippen LogP contribution in [0.15, 0.2) is 48.5 Å². The Bertz CT molecular complexity index is 888. The van der Waals surface area contributed by atoms with Gasteiger partial charge in [-0.15, -0.1) is 0 Å². The van der Waals surface area contributed by atoms with Crippen molar-refractivity contribution in [3.63, 3.8) is 0 Å². The molecule has 0 fully saturated rings. The molecule has 0 aliphatic carbocycles. The van der Waals surface area contributed by atoms with Gasteiger partial charge in [-0.3, -0.25) is 4.79 Å². The summed E-state index contributed by atoms with van der Waals surface area (Å²) >= 11 is 0. The molecule has 0 radical (unpaired) electrons. The maximum Gasteiger partial charge on any atom is 0.163 e. The minimum atomic E-state index is -0.817. The Labute approximate surface area is 145 Å². The first kappa shape index (κ1) is 17.1. The molecule has 3 rings (SSSR count). The number of aliphatic hydroxyl groups excluding tert-OH is 2. The zero-order valence-corrected chi connectivity index (χ0v) is 13.9. The van der Waals surface area contributed by atoms with Crippen molar-refractivity contribution in [2.45, 2.75) is 26.2 Å². The molecule has 0 bridgehead atoms. The number of rotatable bonds is 7. The fourth-order valence-corrected chi connectivity index (χ4v) is 2.78. The summed E-state index contributed by atoms with van der Waals surface area (Å²) in [5, 5.41) is 19.9. The molecule has 0 saturated heterocycles. The van der Waals surface area contributed by atoms with E-state index in [-0.39, 0.29) is 25.5 Å². The number of carbonyl (C=O) groups is 1. The lowest BCUT2D eigenvalue weighted by molar-refractivity contribution is 0.0889. The van der Waals surface area contributed by atoms with Crippen molar-refractivity contribution in [1.29, 1.82) is 0 Å². The number of hydrogen-bond donors (Lipinski definition) is 2. The summed E-state index contributed by atoms with van der Waals surface area (Å²) in [6, 6.07) is 14.4. The number of imidazole rings is 1. The van der Waals surface area contributed by atoms with Gasteiger partial charge in [-0.25, -0.2) is 4.98 Å². The molecule has 130 valence electrons. The maximum atomic E-state index is 11.6. The van der Waals surface area contributed by atoms with Crippen molar-refractivity contribution in [2.75, 3.05) is 6.61 Å². The molecule has 1 aromatic heterocycles. The number of ether oxygens (including phenoxy) is 1. The summed E-state index contributed by atoms with van der Waals surface area (Å²) in [6.45, 7) is 1.53. The van der Waals surface area contributed by atoms with Gasteiger partial charge in [0, 0.05) is 0 Å². The lowest BCUT2D eigenvalue weighted by atomic mass is 10.1. The van der Waals surface area contributed by atoms with E-state index in [0.29, 0.717) is 17.1 Å². The second-order valence-electron chi connectivity index (χ2n) is 5.80. The summed E-state index contributed by atoms with van der Waals surface area (Å²) in [5.74, 6) is 0.851. The second-order valence-corrected chi connectivity index (χ2v) is 5.80.